The lowest BCUT2D eigenvalue weighted by molar-refractivity contribution is 0.112. The van der Waals surface area contributed by atoms with Crippen molar-refractivity contribution >= 4 is 33.1 Å². The second-order valence-corrected chi connectivity index (χ2v) is 5.82. The lowest BCUT2D eigenvalue weighted by Gasteiger charge is -2.07. The number of rotatable bonds is 3. The number of methoxy groups -OCH3 is 1. The molecule has 0 aliphatic rings. The van der Waals surface area contributed by atoms with Crippen molar-refractivity contribution in [1.29, 1.82) is 0 Å². The van der Waals surface area contributed by atoms with Crippen molar-refractivity contribution in [1.82, 2.24) is 4.98 Å². The molecular formula is C17H14BrNO2. The number of halogens is 1. The molecule has 2 aromatic carbocycles. The van der Waals surface area contributed by atoms with Gasteiger partial charge in [-0.05, 0) is 54.4 Å². The summed E-state index contributed by atoms with van der Waals surface area (Å²) in [4.78, 5) is 14.9. The number of fused-ring (bicyclic) bond motifs is 1. The summed E-state index contributed by atoms with van der Waals surface area (Å²) in [5.41, 5.74) is 4.47. The molecule has 3 nitrogen and oxygen atoms in total. The smallest absolute Gasteiger partial charge is 0.152 e. The van der Waals surface area contributed by atoms with Crippen LogP contribution in [-0.4, -0.2) is 18.4 Å². The van der Waals surface area contributed by atoms with Crippen LogP contribution in [-0.2, 0) is 0 Å². The topological polar surface area (TPSA) is 42.1 Å². The third kappa shape index (κ3) is 2.36. The number of aromatic amines is 1. The molecule has 3 rings (SSSR count). The molecule has 106 valence electrons. The molecule has 0 radical (unpaired) electrons. The maximum Gasteiger partial charge on any atom is 0.152 e. The van der Waals surface area contributed by atoms with Gasteiger partial charge in [0, 0.05) is 20.9 Å². The van der Waals surface area contributed by atoms with Crippen molar-refractivity contribution in [3.63, 3.8) is 0 Å². The van der Waals surface area contributed by atoms with E-state index in [1.54, 1.807) is 7.11 Å². The van der Waals surface area contributed by atoms with E-state index in [1.807, 2.05) is 43.3 Å². The first-order valence-electron chi connectivity index (χ1n) is 6.55. The average Bonchev–Trinajstić information content (AvgIpc) is 2.84. The zero-order valence-corrected chi connectivity index (χ0v) is 13.3. The SMILES string of the molecule is COc1ccc(-c2[nH]c3ccc(Br)cc3c2C=O)cc1C. The highest BCUT2D eigenvalue weighted by Crippen LogP contribution is 2.32. The molecule has 0 saturated heterocycles. The van der Waals surface area contributed by atoms with E-state index in [1.165, 1.54) is 0 Å². The maximum atomic E-state index is 11.5. The number of ether oxygens (including phenoxy) is 1. The Kier molecular flexibility index (Phi) is 3.55. The molecule has 1 N–H and O–H groups in total. The van der Waals surface area contributed by atoms with Crippen LogP contribution in [0.5, 0.6) is 5.75 Å². The summed E-state index contributed by atoms with van der Waals surface area (Å²) in [5, 5.41) is 0.919. The van der Waals surface area contributed by atoms with Crippen molar-refractivity contribution in [3.8, 4) is 17.0 Å². The van der Waals surface area contributed by atoms with Crippen LogP contribution in [0.15, 0.2) is 40.9 Å². The number of aryl methyl sites for hydroxylation is 1. The number of carbonyl (C=O) groups is 1. The molecule has 0 spiro atoms. The molecule has 0 saturated carbocycles. The average molecular weight is 344 g/mol. The molecule has 0 atom stereocenters. The van der Waals surface area contributed by atoms with Gasteiger partial charge in [0.05, 0.1) is 12.8 Å². The molecule has 3 aromatic rings. The Morgan fingerprint density at radius 1 is 1.19 bits per heavy atom. The predicted molar refractivity (Wildman–Crippen MR) is 88.1 cm³/mol. The highest BCUT2D eigenvalue weighted by molar-refractivity contribution is 9.10. The molecule has 0 bridgehead atoms. The van der Waals surface area contributed by atoms with Gasteiger partial charge in [-0.25, -0.2) is 0 Å². The third-order valence-corrected chi connectivity index (χ3v) is 4.10. The quantitative estimate of drug-likeness (QED) is 0.698. The largest absolute Gasteiger partial charge is 0.496 e. The summed E-state index contributed by atoms with van der Waals surface area (Å²) >= 11 is 3.45. The minimum atomic E-state index is 0.677. The standard InChI is InChI=1S/C17H14BrNO2/c1-10-7-11(3-6-16(10)21-2)17-14(9-20)13-8-12(18)4-5-15(13)19-17/h3-9,19H,1-2H3. The highest BCUT2D eigenvalue weighted by Gasteiger charge is 2.13. The van der Waals surface area contributed by atoms with E-state index in [4.69, 9.17) is 4.74 Å². The van der Waals surface area contributed by atoms with Gasteiger partial charge in [0.25, 0.3) is 0 Å². The summed E-state index contributed by atoms with van der Waals surface area (Å²) < 4.78 is 6.23. The Labute approximate surface area is 131 Å². The van der Waals surface area contributed by atoms with Crippen molar-refractivity contribution in [2.75, 3.05) is 7.11 Å². The molecule has 0 aliphatic carbocycles. The molecular weight excluding hydrogens is 330 g/mol. The van der Waals surface area contributed by atoms with Gasteiger partial charge >= 0.3 is 0 Å². The van der Waals surface area contributed by atoms with Crippen molar-refractivity contribution in [2.45, 2.75) is 6.92 Å². The van der Waals surface area contributed by atoms with Gasteiger partial charge in [-0.3, -0.25) is 4.79 Å². The van der Waals surface area contributed by atoms with Crippen LogP contribution in [0, 0.1) is 6.92 Å². The van der Waals surface area contributed by atoms with Crippen LogP contribution in [0.2, 0.25) is 0 Å². The lowest BCUT2D eigenvalue weighted by Crippen LogP contribution is -1.89. The Morgan fingerprint density at radius 2 is 2.00 bits per heavy atom. The van der Waals surface area contributed by atoms with Gasteiger partial charge in [0.15, 0.2) is 6.29 Å². The zero-order chi connectivity index (χ0) is 15.0. The number of nitrogens with one attached hydrogen (secondary N) is 1. The minimum Gasteiger partial charge on any atom is -0.496 e. The number of benzene rings is 2. The summed E-state index contributed by atoms with van der Waals surface area (Å²) in [5.74, 6) is 0.838. The molecule has 21 heavy (non-hydrogen) atoms. The van der Waals surface area contributed by atoms with Gasteiger partial charge in [-0.15, -0.1) is 0 Å². The summed E-state index contributed by atoms with van der Waals surface area (Å²) in [7, 11) is 1.65. The van der Waals surface area contributed by atoms with E-state index in [-0.39, 0.29) is 0 Å². The Morgan fingerprint density at radius 3 is 2.67 bits per heavy atom. The fraction of sp³-hybridized carbons (Fsp3) is 0.118. The second kappa shape index (κ2) is 5.37. The number of aromatic nitrogens is 1. The van der Waals surface area contributed by atoms with Crippen LogP contribution in [0.1, 0.15) is 15.9 Å². The zero-order valence-electron chi connectivity index (χ0n) is 11.7. The molecule has 1 aromatic heterocycles. The normalized spacial score (nSPS) is 10.8. The van der Waals surface area contributed by atoms with E-state index < -0.39 is 0 Å². The van der Waals surface area contributed by atoms with Crippen LogP contribution < -0.4 is 4.74 Å². The van der Waals surface area contributed by atoms with Crippen molar-refractivity contribution in [3.05, 3.63) is 52.0 Å². The van der Waals surface area contributed by atoms with Gasteiger partial charge in [-0.2, -0.15) is 0 Å². The fourth-order valence-electron chi connectivity index (χ4n) is 2.57. The molecule has 4 heteroatoms. The molecule has 1 heterocycles. The van der Waals surface area contributed by atoms with Gasteiger partial charge < -0.3 is 9.72 Å². The van der Waals surface area contributed by atoms with E-state index >= 15 is 0 Å². The van der Waals surface area contributed by atoms with Gasteiger partial charge in [0.1, 0.15) is 5.75 Å². The Hall–Kier alpha value is -2.07. The Balaban J connectivity index is 2.24. The van der Waals surface area contributed by atoms with E-state index in [2.05, 4.69) is 20.9 Å². The first-order valence-corrected chi connectivity index (χ1v) is 7.34. The molecule has 0 unspecified atom stereocenters. The number of H-pyrrole nitrogens is 1. The predicted octanol–water partition coefficient (Wildman–Crippen LogP) is 4.73. The number of hydrogen-bond acceptors (Lipinski definition) is 2. The van der Waals surface area contributed by atoms with E-state index in [0.29, 0.717) is 5.56 Å². The number of aldehydes is 1. The third-order valence-electron chi connectivity index (χ3n) is 3.60. The van der Waals surface area contributed by atoms with Crippen LogP contribution in [0.25, 0.3) is 22.2 Å². The van der Waals surface area contributed by atoms with Crippen LogP contribution in [0.4, 0.5) is 0 Å². The van der Waals surface area contributed by atoms with E-state index in [9.17, 15) is 4.79 Å². The Bertz CT molecular complexity index is 836. The molecule has 0 aliphatic heterocycles. The number of hydrogen-bond donors (Lipinski definition) is 1. The summed E-state index contributed by atoms with van der Waals surface area (Å²) in [6, 6.07) is 11.8. The molecule has 0 amide bonds. The van der Waals surface area contributed by atoms with Crippen molar-refractivity contribution in [2.24, 2.45) is 0 Å². The highest BCUT2D eigenvalue weighted by atomic mass is 79.9. The molecule has 0 fully saturated rings. The van der Waals surface area contributed by atoms with E-state index in [0.717, 1.165) is 44.2 Å². The van der Waals surface area contributed by atoms with Crippen LogP contribution in [0.3, 0.4) is 0 Å². The summed E-state index contributed by atoms with van der Waals surface area (Å²) in [6.45, 7) is 1.99. The van der Waals surface area contributed by atoms with Crippen LogP contribution >= 0.6 is 15.9 Å². The second-order valence-electron chi connectivity index (χ2n) is 4.91. The van der Waals surface area contributed by atoms with Gasteiger partial charge in [-0.1, -0.05) is 15.9 Å². The number of carbonyl (C=O) groups excluding carboxylic acids is 1. The summed E-state index contributed by atoms with van der Waals surface area (Å²) in [6.07, 6.45) is 0.903. The van der Waals surface area contributed by atoms with Crippen molar-refractivity contribution < 1.29 is 9.53 Å². The first-order chi connectivity index (χ1) is 10.1. The maximum absolute atomic E-state index is 11.5. The first kappa shape index (κ1) is 13.9. The minimum absolute atomic E-state index is 0.677. The van der Waals surface area contributed by atoms with Gasteiger partial charge in [0.2, 0.25) is 0 Å². The lowest BCUT2D eigenvalue weighted by atomic mass is 10.0. The fourth-order valence-corrected chi connectivity index (χ4v) is 2.93. The monoisotopic (exact) mass is 343 g/mol.